The van der Waals surface area contributed by atoms with Crippen molar-refractivity contribution in [1.82, 2.24) is 4.98 Å². The van der Waals surface area contributed by atoms with E-state index >= 15 is 0 Å². The van der Waals surface area contributed by atoms with Gasteiger partial charge in [-0.05, 0) is 19.3 Å². The molecule has 106 valence electrons. The number of hydrogen-bond acceptors (Lipinski definition) is 5. The van der Waals surface area contributed by atoms with Crippen molar-refractivity contribution in [2.45, 2.75) is 45.6 Å². The lowest BCUT2D eigenvalue weighted by atomic mass is 9.90. The third-order valence-corrected chi connectivity index (χ3v) is 3.70. The van der Waals surface area contributed by atoms with Gasteiger partial charge in [0.15, 0.2) is 0 Å². The molecule has 0 aromatic carbocycles. The van der Waals surface area contributed by atoms with Gasteiger partial charge < -0.3 is 10.6 Å². The lowest BCUT2D eigenvalue weighted by Gasteiger charge is -2.32. The standard InChI is InChI=1S/C13H22N4O2/c1-5-13(6-2,7-3)16-12-9-10(17(18)19)8-11(14-4)15-12/h8-9H,5-7H2,1-4H3,(H2,14,15,16). The van der Waals surface area contributed by atoms with Gasteiger partial charge in [-0.1, -0.05) is 20.8 Å². The lowest BCUT2D eigenvalue weighted by Crippen LogP contribution is -2.36. The van der Waals surface area contributed by atoms with Crippen LogP contribution in [0.5, 0.6) is 0 Å². The number of aromatic nitrogens is 1. The molecule has 0 unspecified atom stereocenters. The minimum Gasteiger partial charge on any atom is -0.373 e. The van der Waals surface area contributed by atoms with Crippen LogP contribution in [-0.4, -0.2) is 22.5 Å². The summed E-state index contributed by atoms with van der Waals surface area (Å²) in [6.45, 7) is 6.32. The topological polar surface area (TPSA) is 80.1 Å². The molecule has 0 bridgehead atoms. The molecule has 0 fully saturated rings. The van der Waals surface area contributed by atoms with Crippen LogP contribution in [0.15, 0.2) is 12.1 Å². The molecule has 1 rings (SSSR count). The van der Waals surface area contributed by atoms with E-state index in [1.807, 2.05) is 0 Å². The van der Waals surface area contributed by atoms with Crippen molar-refractivity contribution in [3.63, 3.8) is 0 Å². The largest absolute Gasteiger partial charge is 0.373 e. The molecule has 0 aliphatic carbocycles. The summed E-state index contributed by atoms with van der Waals surface area (Å²) in [6.07, 6.45) is 2.83. The van der Waals surface area contributed by atoms with Gasteiger partial charge in [-0.25, -0.2) is 4.98 Å². The highest BCUT2D eigenvalue weighted by atomic mass is 16.6. The molecule has 2 N–H and O–H groups in total. The number of pyridine rings is 1. The summed E-state index contributed by atoms with van der Waals surface area (Å²) in [7, 11) is 1.70. The van der Waals surface area contributed by atoms with E-state index in [0.717, 1.165) is 19.3 Å². The van der Waals surface area contributed by atoms with Crippen molar-refractivity contribution in [2.24, 2.45) is 0 Å². The molecule has 1 aromatic heterocycles. The number of hydrogen-bond donors (Lipinski definition) is 2. The predicted molar refractivity (Wildman–Crippen MR) is 77.7 cm³/mol. The van der Waals surface area contributed by atoms with E-state index in [0.29, 0.717) is 11.6 Å². The van der Waals surface area contributed by atoms with Gasteiger partial charge in [0.2, 0.25) is 0 Å². The first-order valence-electron chi connectivity index (χ1n) is 6.62. The molecule has 0 aliphatic rings. The molecular formula is C13H22N4O2. The Morgan fingerprint density at radius 2 is 1.74 bits per heavy atom. The van der Waals surface area contributed by atoms with E-state index in [9.17, 15) is 10.1 Å². The molecule has 0 aliphatic heterocycles. The summed E-state index contributed by atoms with van der Waals surface area (Å²) in [4.78, 5) is 14.9. The van der Waals surface area contributed by atoms with Gasteiger partial charge in [0.1, 0.15) is 11.6 Å². The minimum atomic E-state index is -0.404. The molecule has 0 atom stereocenters. The Hall–Kier alpha value is -1.85. The summed E-state index contributed by atoms with van der Waals surface area (Å²) in [5, 5.41) is 17.1. The van der Waals surface area contributed by atoms with Crippen LogP contribution >= 0.6 is 0 Å². The molecule has 6 nitrogen and oxygen atoms in total. The van der Waals surface area contributed by atoms with Crippen molar-refractivity contribution in [2.75, 3.05) is 17.7 Å². The Labute approximate surface area is 113 Å². The second-order valence-electron chi connectivity index (χ2n) is 4.57. The monoisotopic (exact) mass is 266 g/mol. The average molecular weight is 266 g/mol. The average Bonchev–Trinajstić information content (AvgIpc) is 2.44. The van der Waals surface area contributed by atoms with Crippen molar-refractivity contribution in [1.29, 1.82) is 0 Å². The minimum absolute atomic E-state index is 0.0408. The van der Waals surface area contributed by atoms with Gasteiger partial charge in [0, 0.05) is 12.6 Å². The molecule has 0 radical (unpaired) electrons. The van der Waals surface area contributed by atoms with Crippen molar-refractivity contribution >= 4 is 17.3 Å². The molecule has 0 saturated heterocycles. The zero-order valence-corrected chi connectivity index (χ0v) is 12.0. The smallest absolute Gasteiger partial charge is 0.276 e. The number of rotatable bonds is 7. The summed E-state index contributed by atoms with van der Waals surface area (Å²) < 4.78 is 0. The van der Waals surface area contributed by atoms with Crippen LogP contribution in [-0.2, 0) is 0 Å². The molecule has 1 heterocycles. The van der Waals surface area contributed by atoms with E-state index in [-0.39, 0.29) is 11.2 Å². The Morgan fingerprint density at radius 1 is 1.21 bits per heavy atom. The molecule has 1 aromatic rings. The molecule has 0 saturated carbocycles. The van der Waals surface area contributed by atoms with E-state index in [1.165, 1.54) is 12.1 Å². The van der Waals surface area contributed by atoms with Crippen LogP contribution in [0.3, 0.4) is 0 Å². The summed E-state index contributed by atoms with van der Waals surface area (Å²) in [5.41, 5.74) is -0.0215. The fourth-order valence-electron chi connectivity index (χ4n) is 2.10. The number of nitrogens with one attached hydrogen (secondary N) is 2. The van der Waals surface area contributed by atoms with Gasteiger partial charge in [-0.15, -0.1) is 0 Å². The quantitative estimate of drug-likeness (QED) is 0.584. The SMILES string of the molecule is CCC(CC)(CC)Nc1cc([N+](=O)[O-])cc(NC)n1. The highest BCUT2D eigenvalue weighted by Gasteiger charge is 2.25. The Kier molecular flexibility index (Phi) is 5.09. The summed E-state index contributed by atoms with van der Waals surface area (Å²) >= 11 is 0. The van der Waals surface area contributed by atoms with Crippen LogP contribution in [0.25, 0.3) is 0 Å². The van der Waals surface area contributed by atoms with Crippen LogP contribution in [0.2, 0.25) is 0 Å². The molecule has 0 amide bonds. The molecule has 6 heteroatoms. The van der Waals surface area contributed by atoms with E-state index in [2.05, 4.69) is 36.4 Å². The van der Waals surface area contributed by atoms with Crippen molar-refractivity contribution in [3.05, 3.63) is 22.2 Å². The van der Waals surface area contributed by atoms with Crippen LogP contribution in [0.1, 0.15) is 40.0 Å². The van der Waals surface area contributed by atoms with Crippen molar-refractivity contribution < 1.29 is 4.92 Å². The Morgan fingerprint density at radius 3 is 2.16 bits per heavy atom. The predicted octanol–water partition coefficient (Wildman–Crippen LogP) is 3.41. The maximum Gasteiger partial charge on any atom is 0.276 e. The molecular weight excluding hydrogens is 244 g/mol. The third kappa shape index (κ3) is 3.56. The van der Waals surface area contributed by atoms with Gasteiger partial charge in [0.05, 0.1) is 17.1 Å². The lowest BCUT2D eigenvalue weighted by molar-refractivity contribution is -0.384. The zero-order chi connectivity index (χ0) is 14.5. The summed E-state index contributed by atoms with van der Waals surface area (Å²) in [5.74, 6) is 1.04. The first-order valence-corrected chi connectivity index (χ1v) is 6.62. The second-order valence-corrected chi connectivity index (χ2v) is 4.57. The van der Waals surface area contributed by atoms with E-state index in [4.69, 9.17) is 0 Å². The third-order valence-electron chi connectivity index (χ3n) is 3.70. The number of nitrogens with zero attached hydrogens (tertiary/aromatic N) is 2. The molecule has 0 spiro atoms. The first kappa shape index (κ1) is 15.2. The fraction of sp³-hybridized carbons (Fsp3) is 0.615. The normalized spacial score (nSPS) is 11.2. The van der Waals surface area contributed by atoms with Gasteiger partial charge in [-0.2, -0.15) is 0 Å². The highest BCUT2D eigenvalue weighted by Crippen LogP contribution is 2.27. The zero-order valence-electron chi connectivity index (χ0n) is 12.0. The van der Waals surface area contributed by atoms with Crippen LogP contribution < -0.4 is 10.6 Å². The number of anilines is 2. The Bertz CT molecular complexity index is 436. The van der Waals surface area contributed by atoms with Gasteiger partial charge in [-0.3, -0.25) is 10.1 Å². The van der Waals surface area contributed by atoms with Gasteiger partial charge >= 0.3 is 0 Å². The first-order chi connectivity index (χ1) is 9.00. The van der Waals surface area contributed by atoms with Gasteiger partial charge in [0.25, 0.3) is 5.69 Å². The summed E-state index contributed by atoms with van der Waals surface area (Å²) in [6, 6.07) is 2.91. The maximum absolute atomic E-state index is 10.9. The number of nitro groups is 1. The van der Waals surface area contributed by atoms with Crippen LogP contribution in [0.4, 0.5) is 17.3 Å². The fourth-order valence-corrected chi connectivity index (χ4v) is 2.10. The van der Waals surface area contributed by atoms with E-state index < -0.39 is 4.92 Å². The maximum atomic E-state index is 10.9. The van der Waals surface area contributed by atoms with Crippen LogP contribution in [0, 0.1) is 10.1 Å². The van der Waals surface area contributed by atoms with E-state index in [1.54, 1.807) is 7.05 Å². The van der Waals surface area contributed by atoms with Crippen molar-refractivity contribution in [3.8, 4) is 0 Å². The second kappa shape index (κ2) is 6.36. The highest BCUT2D eigenvalue weighted by molar-refractivity contribution is 5.55. The Balaban J connectivity index is 3.12. The molecule has 19 heavy (non-hydrogen) atoms.